The first kappa shape index (κ1) is 46.0. The van der Waals surface area contributed by atoms with Gasteiger partial charge in [0.1, 0.15) is 11.1 Å². The fourth-order valence-corrected chi connectivity index (χ4v) is 11.4. The van der Waals surface area contributed by atoms with Crippen LogP contribution >= 0.6 is 11.6 Å². The van der Waals surface area contributed by atoms with Gasteiger partial charge in [-0.2, -0.15) is 4.98 Å². The Balaban J connectivity index is 0.666. The number of rotatable bonds is 12. The van der Waals surface area contributed by atoms with Crippen LogP contribution in [0.25, 0.3) is 10.9 Å². The van der Waals surface area contributed by atoms with Crippen LogP contribution in [0.1, 0.15) is 100 Å². The summed E-state index contributed by atoms with van der Waals surface area (Å²) in [4.78, 5) is 80.9. The van der Waals surface area contributed by atoms with Gasteiger partial charge in [0, 0.05) is 80.6 Å². The van der Waals surface area contributed by atoms with E-state index in [0.717, 1.165) is 92.8 Å². The maximum Gasteiger partial charge on any atom is 0.293 e. The molecule has 4 aromatic rings. The molecule has 2 aromatic carbocycles. The Labute approximate surface area is 400 Å². The van der Waals surface area contributed by atoms with Crippen molar-refractivity contribution in [3.8, 4) is 5.75 Å². The summed E-state index contributed by atoms with van der Waals surface area (Å²) in [6.07, 6.45) is 11.5. The molecule has 1 atom stereocenters. The summed E-state index contributed by atoms with van der Waals surface area (Å²) in [7, 11) is 1.52. The molecule has 17 nitrogen and oxygen atoms in total. The Morgan fingerprint density at radius 2 is 1.66 bits per heavy atom. The number of piperidine rings is 4. The van der Waals surface area contributed by atoms with Crippen molar-refractivity contribution in [3.05, 3.63) is 75.2 Å². The molecular formula is C50H61ClN10O7. The van der Waals surface area contributed by atoms with E-state index in [1.807, 2.05) is 38.1 Å². The van der Waals surface area contributed by atoms with Gasteiger partial charge in [-0.25, -0.2) is 4.98 Å². The number of ether oxygens (including phenoxy) is 2. The second kappa shape index (κ2) is 19.0. The number of likely N-dealkylation sites (N-methyl/N-ethyl adjacent to an activating group) is 1. The lowest BCUT2D eigenvalue weighted by Gasteiger charge is -2.51. The lowest BCUT2D eigenvalue weighted by atomic mass is 9.70. The lowest BCUT2D eigenvalue weighted by Crippen LogP contribution is -2.54. The number of anilines is 4. The van der Waals surface area contributed by atoms with E-state index in [0.29, 0.717) is 52.9 Å². The molecular weight excluding hydrogens is 888 g/mol. The smallest absolute Gasteiger partial charge is 0.293 e. The summed E-state index contributed by atoms with van der Waals surface area (Å²) >= 11 is 6.62. The number of pyridine rings is 1. The van der Waals surface area contributed by atoms with Gasteiger partial charge in [-0.1, -0.05) is 11.6 Å². The average molecular weight is 950 g/mol. The van der Waals surface area contributed by atoms with Gasteiger partial charge in [-0.3, -0.25) is 29.3 Å². The number of fused-ring (bicyclic) bond motifs is 2. The number of aromatic nitrogens is 3. The third kappa shape index (κ3) is 9.24. The second-order valence-corrected chi connectivity index (χ2v) is 20.2. The van der Waals surface area contributed by atoms with Crippen molar-refractivity contribution < 1.29 is 28.7 Å². The SMILES string of the molecule is CNC(=O)COc1cc2cc(Nc3nc(N4CCC(O[C@H]5C[C@H](N6CCC7(CCN(c8ccc9c(c8)CN(C8CCC(=O)NC8=O)C9=O)CC7)CC6)C5)CC4)ncc3Cl)ccc2n(C(C)C)c1=O. The molecule has 3 N–H and O–H groups in total. The Morgan fingerprint density at radius 1 is 0.912 bits per heavy atom. The van der Waals surface area contributed by atoms with Crippen molar-refractivity contribution in [1.29, 1.82) is 0 Å². The predicted molar refractivity (Wildman–Crippen MR) is 259 cm³/mol. The first-order valence-corrected chi connectivity index (χ1v) is 24.7. The summed E-state index contributed by atoms with van der Waals surface area (Å²) in [5.74, 6) is 0.0812. The first-order chi connectivity index (χ1) is 32.8. The zero-order valence-corrected chi connectivity index (χ0v) is 39.9. The molecule has 1 aliphatic carbocycles. The molecule has 4 saturated heterocycles. The summed E-state index contributed by atoms with van der Waals surface area (Å²) in [5.41, 5.74) is 4.32. The highest BCUT2D eigenvalue weighted by atomic mass is 35.5. The summed E-state index contributed by atoms with van der Waals surface area (Å²) in [5, 5.41) is 9.40. The fraction of sp³-hybridized carbons (Fsp3) is 0.540. The van der Waals surface area contributed by atoms with Gasteiger partial charge in [-0.15, -0.1) is 0 Å². The van der Waals surface area contributed by atoms with Gasteiger partial charge in [0.25, 0.3) is 17.4 Å². The second-order valence-electron chi connectivity index (χ2n) is 19.8. The molecule has 7 heterocycles. The highest BCUT2D eigenvalue weighted by Crippen LogP contribution is 2.45. The van der Waals surface area contributed by atoms with E-state index in [1.165, 1.54) is 32.7 Å². The molecule has 0 bridgehead atoms. The quantitative estimate of drug-likeness (QED) is 0.150. The molecule has 68 heavy (non-hydrogen) atoms. The average Bonchev–Trinajstić information content (AvgIpc) is 3.65. The molecule has 5 aliphatic heterocycles. The van der Waals surface area contributed by atoms with Crippen LogP contribution < -0.4 is 36.0 Å². The monoisotopic (exact) mass is 948 g/mol. The number of imide groups is 1. The minimum absolute atomic E-state index is 0.100. The van der Waals surface area contributed by atoms with Crippen LogP contribution in [0.2, 0.25) is 5.02 Å². The van der Waals surface area contributed by atoms with Crippen LogP contribution in [0.5, 0.6) is 5.75 Å². The fourth-order valence-electron chi connectivity index (χ4n) is 11.2. The molecule has 4 amide bonds. The number of nitrogens with one attached hydrogen (secondary N) is 3. The molecule has 1 saturated carbocycles. The van der Waals surface area contributed by atoms with E-state index >= 15 is 0 Å². The molecule has 360 valence electrons. The van der Waals surface area contributed by atoms with Crippen LogP contribution in [0, 0.1) is 5.41 Å². The predicted octanol–water partition coefficient (Wildman–Crippen LogP) is 5.55. The van der Waals surface area contributed by atoms with Crippen LogP contribution in [-0.4, -0.2) is 125 Å². The molecule has 6 aliphatic rings. The van der Waals surface area contributed by atoms with Crippen molar-refractivity contribution in [2.24, 2.45) is 5.41 Å². The van der Waals surface area contributed by atoms with Crippen molar-refractivity contribution in [1.82, 2.24) is 35.0 Å². The Morgan fingerprint density at radius 3 is 2.38 bits per heavy atom. The Bertz CT molecular complexity index is 2660. The standard InChI is InChI=1S/C50H61ClN10O7/c1-30(2)61-40-7-4-33(22-31(40)24-42(48(61)66)67-29-44(63)52-3)54-45-39(51)27-53-49(56-45)59-16-10-36(11-17-59)68-37-25-35(26-37)58-20-14-50(15-21-58)12-18-57(19-13-50)34-5-6-38-32(23-34)28-60(47(38)65)41-8-9-43(62)55-46(41)64/h4-7,22-24,27,30,35-37,41H,8-21,25-26,28-29H2,1-3H3,(H,52,63)(H,53,54,56)(H,55,62,64)/t35-,37-,41?. The number of nitrogens with zero attached hydrogens (tertiary/aromatic N) is 7. The topological polar surface area (TPSA) is 184 Å². The van der Waals surface area contributed by atoms with E-state index in [-0.39, 0.29) is 60.1 Å². The van der Waals surface area contributed by atoms with E-state index in [9.17, 15) is 24.0 Å². The number of hydrogen-bond acceptors (Lipinski definition) is 13. The third-order valence-corrected chi connectivity index (χ3v) is 15.7. The van der Waals surface area contributed by atoms with E-state index in [2.05, 4.69) is 47.8 Å². The number of carbonyl (C=O) groups excluding carboxylic acids is 4. The number of carbonyl (C=O) groups is 4. The third-order valence-electron chi connectivity index (χ3n) is 15.4. The van der Waals surface area contributed by atoms with Gasteiger partial charge in [0.05, 0.1) is 23.9 Å². The van der Waals surface area contributed by atoms with Crippen LogP contribution in [0.3, 0.4) is 0 Å². The van der Waals surface area contributed by atoms with Crippen molar-refractivity contribution >= 4 is 69.3 Å². The number of halogens is 1. The van der Waals surface area contributed by atoms with Gasteiger partial charge in [0.2, 0.25) is 17.8 Å². The van der Waals surface area contributed by atoms with E-state index < -0.39 is 6.04 Å². The molecule has 2 aromatic heterocycles. The normalized spacial score (nSPS) is 23.2. The summed E-state index contributed by atoms with van der Waals surface area (Å²) in [6.45, 7) is 9.85. The molecule has 1 unspecified atom stereocenters. The van der Waals surface area contributed by atoms with Gasteiger partial charge in [-0.05, 0) is 138 Å². The van der Waals surface area contributed by atoms with E-state index in [4.69, 9.17) is 26.1 Å². The van der Waals surface area contributed by atoms with Gasteiger partial charge < -0.3 is 44.3 Å². The Kier molecular flexibility index (Phi) is 12.8. The number of likely N-dealkylation sites (tertiary alicyclic amines) is 1. The highest BCUT2D eigenvalue weighted by Gasteiger charge is 2.44. The van der Waals surface area contributed by atoms with Crippen molar-refractivity contribution in [2.45, 2.75) is 115 Å². The lowest BCUT2D eigenvalue weighted by molar-refractivity contribution is -0.137. The van der Waals surface area contributed by atoms with Crippen LogP contribution in [0.15, 0.2) is 53.5 Å². The van der Waals surface area contributed by atoms with Crippen LogP contribution in [-0.2, 0) is 25.7 Å². The molecule has 1 spiro atoms. The first-order valence-electron chi connectivity index (χ1n) is 24.3. The summed E-state index contributed by atoms with van der Waals surface area (Å²) < 4.78 is 14.0. The maximum atomic E-state index is 13.3. The van der Waals surface area contributed by atoms with Gasteiger partial charge in [0.15, 0.2) is 18.2 Å². The maximum absolute atomic E-state index is 13.3. The Hall–Kier alpha value is -5.78. The molecule has 5 fully saturated rings. The number of hydrogen-bond donors (Lipinski definition) is 3. The number of benzene rings is 2. The van der Waals surface area contributed by atoms with E-state index in [1.54, 1.807) is 21.7 Å². The molecule has 10 rings (SSSR count). The summed E-state index contributed by atoms with van der Waals surface area (Å²) in [6, 6.07) is 13.3. The zero-order chi connectivity index (χ0) is 47.3. The minimum atomic E-state index is -0.597. The molecule has 0 radical (unpaired) electrons. The largest absolute Gasteiger partial charge is 0.478 e. The van der Waals surface area contributed by atoms with Gasteiger partial charge >= 0.3 is 0 Å². The molecule has 18 heteroatoms. The van der Waals surface area contributed by atoms with Crippen LogP contribution in [0.4, 0.5) is 23.1 Å². The van der Waals surface area contributed by atoms with Crippen molar-refractivity contribution in [2.75, 3.05) is 68.0 Å². The van der Waals surface area contributed by atoms with Crippen molar-refractivity contribution in [3.63, 3.8) is 0 Å². The highest BCUT2D eigenvalue weighted by molar-refractivity contribution is 6.33. The minimum Gasteiger partial charge on any atom is -0.478 e. The zero-order valence-electron chi connectivity index (χ0n) is 39.1. The number of amides is 4.